The zero-order valence-electron chi connectivity index (χ0n) is 7.90. The lowest BCUT2D eigenvalue weighted by Crippen LogP contribution is -2.18. The van der Waals surface area contributed by atoms with Crippen molar-refractivity contribution in [3.05, 3.63) is 27.9 Å². The van der Waals surface area contributed by atoms with Gasteiger partial charge < -0.3 is 10.1 Å². The van der Waals surface area contributed by atoms with Gasteiger partial charge in [0.25, 0.3) is 5.56 Å². The number of carbonyl (C=O) groups is 1. The van der Waals surface area contributed by atoms with Crippen molar-refractivity contribution in [3.63, 3.8) is 0 Å². The monoisotopic (exact) mass is 226 g/mol. The van der Waals surface area contributed by atoms with Crippen molar-refractivity contribution in [2.24, 2.45) is 0 Å². The van der Waals surface area contributed by atoms with E-state index in [1.807, 2.05) is 0 Å². The molecule has 1 aliphatic rings. The molecule has 1 aromatic rings. The largest absolute Gasteiger partial charge is 0.477 e. The van der Waals surface area contributed by atoms with E-state index in [4.69, 9.17) is 5.11 Å². The topological polar surface area (TPSA) is 83.0 Å². The number of carboxylic acids is 1. The van der Waals surface area contributed by atoms with Crippen LogP contribution in [-0.2, 0) is 0 Å². The first-order valence-corrected chi connectivity index (χ1v) is 5.74. The summed E-state index contributed by atoms with van der Waals surface area (Å²) < 4.78 is 0. The summed E-state index contributed by atoms with van der Waals surface area (Å²) in [5.74, 6) is 1.46. The van der Waals surface area contributed by atoms with Gasteiger partial charge in [0.2, 0.25) is 0 Å². The predicted molar refractivity (Wildman–Crippen MR) is 56.5 cm³/mol. The van der Waals surface area contributed by atoms with Crippen LogP contribution in [0.1, 0.15) is 28.7 Å². The first kappa shape index (κ1) is 10.2. The lowest BCUT2D eigenvalue weighted by Gasteiger charge is -2.07. The zero-order valence-corrected chi connectivity index (χ0v) is 8.71. The second kappa shape index (κ2) is 4.06. The number of thioether (sulfide) groups is 1. The van der Waals surface area contributed by atoms with Crippen molar-refractivity contribution >= 4 is 17.7 Å². The molecule has 0 bridgehead atoms. The van der Waals surface area contributed by atoms with Crippen LogP contribution in [0.2, 0.25) is 0 Å². The number of nitrogens with one attached hydrogen (secondary N) is 1. The summed E-state index contributed by atoms with van der Waals surface area (Å²) in [6.07, 6.45) is 0.941. The third kappa shape index (κ3) is 2.20. The molecule has 1 fully saturated rings. The van der Waals surface area contributed by atoms with E-state index in [9.17, 15) is 9.59 Å². The molecule has 6 heteroatoms. The van der Waals surface area contributed by atoms with E-state index < -0.39 is 11.5 Å². The zero-order chi connectivity index (χ0) is 10.8. The fourth-order valence-electron chi connectivity index (χ4n) is 1.53. The number of carboxylic acid groups (broad SMARTS) is 1. The van der Waals surface area contributed by atoms with Crippen LogP contribution in [0.25, 0.3) is 0 Å². The highest BCUT2D eigenvalue weighted by Crippen LogP contribution is 2.29. The minimum Gasteiger partial charge on any atom is -0.477 e. The summed E-state index contributed by atoms with van der Waals surface area (Å²) in [5.41, 5.74) is -0.569. The summed E-state index contributed by atoms with van der Waals surface area (Å²) >= 11 is 1.79. The fraction of sp³-hybridized carbons (Fsp3) is 0.444. The van der Waals surface area contributed by atoms with Gasteiger partial charge in [0.1, 0.15) is 5.82 Å². The Morgan fingerprint density at radius 2 is 2.47 bits per heavy atom. The van der Waals surface area contributed by atoms with E-state index in [1.165, 1.54) is 0 Å². The SMILES string of the molecule is O=C(O)c1cc(=O)[nH]c(C2CCSC2)n1. The third-order valence-corrected chi connectivity index (χ3v) is 3.46. The Labute approximate surface area is 89.9 Å². The van der Waals surface area contributed by atoms with Gasteiger partial charge in [0.05, 0.1) is 0 Å². The Bertz CT molecular complexity index is 437. The molecule has 0 aromatic carbocycles. The summed E-state index contributed by atoms with van der Waals surface area (Å²) in [6.45, 7) is 0. The van der Waals surface area contributed by atoms with Gasteiger partial charge in [-0.15, -0.1) is 0 Å². The first-order chi connectivity index (χ1) is 7.16. The van der Waals surface area contributed by atoms with Crippen LogP contribution in [0.4, 0.5) is 0 Å². The maximum atomic E-state index is 11.2. The Balaban J connectivity index is 2.38. The van der Waals surface area contributed by atoms with Gasteiger partial charge in [-0.25, -0.2) is 9.78 Å². The van der Waals surface area contributed by atoms with Gasteiger partial charge in [-0.1, -0.05) is 0 Å². The van der Waals surface area contributed by atoms with Crippen molar-refractivity contribution in [2.45, 2.75) is 12.3 Å². The van der Waals surface area contributed by atoms with E-state index in [1.54, 1.807) is 11.8 Å². The molecule has 2 rings (SSSR count). The van der Waals surface area contributed by atoms with Crippen LogP contribution in [-0.4, -0.2) is 32.5 Å². The maximum Gasteiger partial charge on any atom is 0.354 e. The number of aromatic nitrogens is 2. The Morgan fingerprint density at radius 1 is 1.67 bits per heavy atom. The van der Waals surface area contributed by atoms with Crippen molar-refractivity contribution in [1.82, 2.24) is 9.97 Å². The van der Waals surface area contributed by atoms with Gasteiger partial charge >= 0.3 is 5.97 Å². The Kier molecular flexibility index (Phi) is 2.77. The molecule has 2 N–H and O–H groups in total. The van der Waals surface area contributed by atoms with Gasteiger partial charge in [-0.2, -0.15) is 11.8 Å². The number of rotatable bonds is 2. The lowest BCUT2D eigenvalue weighted by atomic mass is 10.1. The molecule has 0 saturated carbocycles. The molecule has 1 atom stereocenters. The molecule has 15 heavy (non-hydrogen) atoms. The quantitative estimate of drug-likeness (QED) is 0.775. The summed E-state index contributed by atoms with van der Waals surface area (Å²) in [4.78, 5) is 28.5. The molecule has 1 saturated heterocycles. The van der Waals surface area contributed by atoms with Gasteiger partial charge in [0.15, 0.2) is 5.69 Å². The third-order valence-electron chi connectivity index (χ3n) is 2.30. The number of aromatic amines is 1. The van der Waals surface area contributed by atoms with Crippen molar-refractivity contribution < 1.29 is 9.90 Å². The number of H-pyrrole nitrogens is 1. The number of hydrogen-bond donors (Lipinski definition) is 2. The van der Waals surface area contributed by atoms with Crippen LogP contribution >= 0.6 is 11.8 Å². The minimum absolute atomic E-state index is 0.175. The molecule has 1 aromatic heterocycles. The first-order valence-electron chi connectivity index (χ1n) is 4.59. The van der Waals surface area contributed by atoms with E-state index in [0.717, 1.165) is 24.0 Å². The summed E-state index contributed by atoms with van der Waals surface area (Å²) in [5, 5.41) is 8.76. The molecule has 1 aliphatic heterocycles. The molecule has 2 heterocycles. The van der Waals surface area contributed by atoms with Gasteiger partial charge in [-0.05, 0) is 12.2 Å². The molecule has 0 spiro atoms. The van der Waals surface area contributed by atoms with Gasteiger partial charge in [-0.3, -0.25) is 4.79 Å². The molecular formula is C9H10N2O3S. The average molecular weight is 226 g/mol. The second-order valence-electron chi connectivity index (χ2n) is 3.38. The summed E-state index contributed by atoms with van der Waals surface area (Å²) in [6, 6.07) is 1.01. The van der Waals surface area contributed by atoms with Crippen LogP contribution in [0.3, 0.4) is 0 Å². The summed E-state index contributed by atoms with van der Waals surface area (Å²) in [7, 11) is 0. The Hall–Kier alpha value is -1.30. The number of aromatic carboxylic acids is 1. The van der Waals surface area contributed by atoms with Crippen LogP contribution in [0.15, 0.2) is 10.9 Å². The van der Waals surface area contributed by atoms with Crippen LogP contribution in [0.5, 0.6) is 0 Å². The van der Waals surface area contributed by atoms with Gasteiger partial charge in [0, 0.05) is 17.7 Å². The molecular weight excluding hydrogens is 216 g/mol. The molecule has 5 nitrogen and oxygen atoms in total. The highest BCUT2D eigenvalue weighted by Gasteiger charge is 2.21. The lowest BCUT2D eigenvalue weighted by molar-refractivity contribution is 0.0689. The maximum absolute atomic E-state index is 11.2. The Morgan fingerprint density at radius 3 is 3.07 bits per heavy atom. The smallest absolute Gasteiger partial charge is 0.354 e. The van der Waals surface area contributed by atoms with E-state index in [2.05, 4.69) is 9.97 Å². The van der Waals surface area contributed by atoms with Crippen molar-refractivity contribution in [3.8, 4) is 0 Å². The molecule has 0 radical (unpaired) electrons. The van der Waals surface area contributed by atoms with Crippen LogP contribution < -0.4 is 5.56 Å². The molecule has 0 amide bonds. The standard InChI is InChI=1S/C9H10N2O3S/c12-7-3-6(9(13)14)10-8(11-7)5-1-2-15-4-5/h3,5H,1-2,4H2,(H,13,14)(H,10,11,12). The fourth-order valence-corrected chi connectivity index (χ4v) is 2.76. The van der Waals surface area contributed by atoms with Crippen molar-refractivity contribution in [1.29, 1.82) is 0 Å². The molecule has 0 aliphatic carbocycles. The second-order valence-corrected chi connectivity index (χ2v) is 4.53. The van der Waals surface area contributed by atoms with E-state index >= 15 is 0 Å². The molecule has 1 unspecified atom stereocenters. The predicted octanol–water partition coefficient (Wildman–Crippen LogP) is 0.689. The highest BCUT2D eigenvalue weighted by molar-refractivity contribution is 7.99. The number of hydrogen-bond acceptors (Lipinski definition) is 4. The van der Waals surface area contributed by atoms with Crippen LogP contribution in [0, 0.1) is 0 Å². The van der Waals surface area contributed by atoms with E-state index in [0.29, 0.717) is 5.82 Å². The number of nitrogens with zero attached hydrogens (tertiary/aromatic N) is 1. The highest BCUT2D eigenvalue weighted by atomic mass is 32.2. The normalized spacial score (nSPS) is 20.4. The minimum atomic E-state index is -1.16. The van der Waals surface area contributed by atoms with Crippen molar-refractivity contribution in [2.75, 3.05) is 11.5 Å². The molecule has 80 valence electrons. The average Bonchev–Trinajstić information content (AvgIpc) is 2.69. The van der Waals surface area contributed by atoms with E-state index in [-0.39, 0.29) is 11.6 Å².